The highest BCUT2D eigenvalue weighted by atomic mass is 16.4. The van der Waals surface area contributed by atoms with Crippen molar-refractivity contribution in [3.05, 3.63) is 0 Å². The van der Waals surface area contributed by atoms with Crippen LogP contribution in [0.5, 0.6) is 0 Å². The van der Waals surface area contributed by atoms with Crippen LogP contribution < -0.4 is 10.6 Å². The van der Waals surface area contributed by atoms with Gasteiger partial charge in [-0.2, -0.15) is 0 Å². The average molecular weight is 285 g/mol. The molecule has 0 aliphatic carbocycles. The van der Waals surface area contributed by atoms with Crippen molar-refractivity contribution in [3.63, 3.8) is 0 Å². The van der Waals surface area contributed by atoms with Crippen LogP contribution >= 0.6 is 0 Å². The molecule has 1 fully saturated rings. The molecule has 1 aliphatic rings. The second-order valence-electron chi connectivity index (χ2n) is 5.33. The molecule has 2 unspecified atom stereocenters. The molecular formula is C13H23N3O4. The smallest absolute Gasteiger partial charge is 0.315 e. The van der Waals surface area contributed by atoms with E-state index in [2.05, 4.69) is 10.6 Å². The van der Waals surface area contributed by atoms with E-state index in [1.165, 1.54) is 0 Å². The zero-order valence-electron chi connectivity index (χ0n) is 12.0. The number of hydrogen-bond donors (Lipinski definition) is 3. The molecule has 0 aromatic carbocycles. The van der Waals surface area contributed by atoms with Crippen LogP contribution in [-0.2, 0) is 9.59 Å². The van der Waals surface area contributed by atoms with Crippen LogP contribution in [-0.4, -0.2) is 54.1 Å². The minimum absolute atomic E-state index is 0.0602. The first-order valence-corrected chi connectivity index (χ1v) is 6.91. The van der Waals surface area contributed by atoms with Crippen molar-refractivity contribution in [2.24, 2.45) is 5.92 Å². The average Bonchev–Trinajstić information content (AvgIpc) is 2.68. The number of nitrogens with one attached hydrogen (secondary N) is 2. The lowest BCUT2D eigenvalue weighted by Crippen LogP contribution is -2.45. The van der Waals surface area contributed by atoms with Crippen LogP contribution in [0, 0.1) is 5.92 Å². The van der Waals surface area contributed by atoms with E-state index in [1.807, 2.05) is 6.92 Å². The van der Waals surface area contributed by atoms with E-state index in [0.717, 1.165) is 6.42 Å². The molecule has 1 rings (SSSR count). The molecule has 0 aromatic heterocycles. The molecule has 3 amide bonds. The normalized spacial score (nSPS) is 19.8. The first-order chi connectivity index (χ1) is 9.40. The third-order valence-electron chi connectivity index (χ3n) is 3.51. The number of rotatable bonds is 7. The summed E-state index contributed by atoms with van der Waals surface area (Å²) in [6.45, 7) is 3.09. The number of carbonyl (C=O) groups excluding carboxylic acids is 2. The van der Waals surface area contributed by atoms with Crippen molar-refractivity contribution in [1.29, 1.82) is 0 Å². The van der Waals surface area contributed by atoms with Gasteiger partial charge in [0, 0.05) is 26.6 Å². The van der Waals surface area contributed by atoms with Gasteiger partial charge in [-0.3, -0.25) is 9.59 Å². The Bertz CT molecular complexity index is 373. The Morgan fingerprint density at radius 2 is 2.15 bits per heavy atom. The summed E-state index contributed by atoms with van der Waals surface area (Å²) in [6.07, 6.45) is 2.11. The topological polar surface area (TPSA) is 98.7 Å². The van der Waals surface area contributed by atoms with Crippen molar-refractivity contribution in [1.82, 2.24) is 15.5 Å². The number of carbonyl (C=O) groups is 3. The monoisotopic (exact) mass is 285 g/mol. The molecule has 20 heavy (non-hydrogen) atoms. The van der Waals surface area contributed by atoms with Gasteiger partial charge in [-0.25, -0.2) is 4.79 Å². The van der Waals surface area contributed by atoms with Gasteiger partial charge in [0.05, 0.1) is 0 Å². The fraction of sp³-hybridized carbons (Fsp3) is 0.769. The molecule has 2 atom stereocenters. The van der Waals surface area contributed by atoms with Gasteiger partial charge in [0.25, 0.3) is 0 Å². The van der Waals surface area contributed by atoms with Gasteiger partial charge < -0.3 is 20.6 Å². The lowest BCUT2D eigenvalue weighted by Gasteiger charge is -2.14. The zero-order valence-corrected chi connectivity index (χ0v) is 12.0. The summed E-state index contributed by atoms with van der Waals surface area (Å²) < 4.78 is 0. The molecule has 1 aliphatic heterocycles. The van der Waals surface area contributed by atoms with Crippen molar-refractivity contribution >= 4 is 17.9 Å². The van der Waals surface area contributed by atoms with Gasteiger partial charge in [-0.1, -0.05) is 6.92 Å². The Balaban J connectivity index is 2.14. The molecule has 0 radical (unpaired) electrons. The fourth-order valence-corrected chi connectivity index (χ4v) is 2.11. The first kappa shape index (κ1) is 16.3. The Labute approximate surface area is 118 Å². The number of likely N-dealkylation sites (N-methyl/N-ethyl adjacent to an activating group) is 1. The number of carboxylic acid groups (broad SMARTS) is 1. The Morgan fingerprint density at radius 1 is 1.45 bits per heavy atom. The van der Waals surface area contributed by atoms with E-state index in [0.29, 0.717) is 25.9 Å². The number of amides is 3. The maximum absolute atomic E-state index is 11.6. The fourth-order valence-electron chi connectivity index (χ4n) is 2.11. The summed E-state index contributed by atoms with van der Waals surface area (Å²) in [7, 11) is 1.71. The van der Waals surface area contributed by atoms with E-state index in [4.69, 9.17) is 5.11 Å². The van der Waals surface area contributed by atoms with E-state index in [1.54, 1.807) is 11.9 Å². The lowest BCUT2D eigenvalue weighted by atomic mass is 10.0. The molecule has 114 valence electrons. The molecule has 0 spiro atoms. The van der Waals surface area contributed by atoms with Gasteiger partial charge in [0.1, 0.15) is 6.04 Å². The molecular weight excluding hydrogens is 262 g/mol. The number of urea groups is 1. The third-order valence-corrected chi connectivity index (χ3v) is 3.51. The quantitative estimate of drug-likeness (QED) is 0.631. The maximum atomic E-state index is 11.6. The second-order valence-corrected chi connectivity index (χ2v) is 5.33. The summed E-state index contributed by atoms with van der Waals surface area (Å²) in [5.74, 6) is -0.618. The minimum atomic E-state index is -0.800. The summed E-state index contributed by atoms with van der Waals surface area (Å²) >= 11 is 0. The van der Waals surface area contributed by atoms with E-state index < -0.39 is 12.0 Å². The van der Waals surface area contributed by atoms with Crippen LogP contribution in [0.3, 0.4) is 0 Å². The highest BCUT2D eigenvalue weighted by Crippen LogP contribution is 2.10. The maximum Gasteiger partial charge on any atom is 0.315 e. The van der Waals surface area contributed by atoms with Crippen molar-refractivity contribution in [3.8, 4) is 0 Å². The number of aliphatic carboxylic acids is 1. The molecule has 0 bridgehead atoms. The Morgan fingerprint density at radius 3 is 2.70 bits per heavy atom. The molecule has 3 N–H and O–H groups in total. The molecule has 1 saturated heterocycles. The largest absolute Gasteiger partial charge is 0.481 e. The van der Waals surface area contributed by atoms with Crippen LogP contribution in [0.15, 0.2) is 0 Å². The molecule has 1 heterocycles. The SMILES string of the molecule is CC(CCNC(=O)NC1CCN(C)C1=O)CCC(=O)O. The van der Waals surface area contributed by atoms with Crippen LogP contribution in [0.2, 0.25) is 0 Å². The summed E-state index contributed by atoms with van der Waals surface area (Å²) in [5.41, 5.74) is 0. The predicted molar refractivity (Wildman–Crippen MR) is 73.2 cm³/mol. The third kappa shape index (κ3) is 5.46. The Kier molecular flexibility index (Phi) is 6.27. The standard InChI is InChI=1S/C13H23N3O4/c1-9(3-4-11(17)18)5-7-14-13(20)15-10-6-8-16(2)12(10)19/h9-10H,3-8H2,1-2H3,(H,17,18)(H2,14,15,20). The lowest BCUT2D eigenvalue weighted by molar-refractivity contribution is -0.137. The van der Waals surface area contributed by atoms with Crippen molar-refractivity contribution in [2.45, 2.75) is 38.6 Å². The van der Waals surface area contributed by atoms with Gasteiger partial charge in [-0.15, -0.1) is 0 Å². The zero-order chi connectivity index (χ0) is 15.1. The summed E-state index contributed by atoms with van der Waals surface area (Å²) in [5, 5.41) is 13.9. The summed E-state index contributed by atoms with van der Waals surface area (Å²) in [6, 6.07) is -0.770. The van der Waals surface area contributed by atoms with Crippen molar-refractivity contribution < 1.29 is 19.5 Å². The number of carboxylic acids is 1. The second kappa shape index (κ2) is 7.72. The van der Waals surface area contributed by atoms with E-state index in [-0.39, 0.29) is 24.3 Å². The molecule has 7 nitrogen and oxygen atoms in total. The van der Waals surface area contributed by atoms with E-state index in [9.17, 15) is 14.4 Å². The predicted octanol–water partition coefficient (Wildman–Crippen LogP) is 0.407. The molecule has 0 aromatic rings. The minimum Gasteiger partial charge on any atom is -0.481 e. The molecule has 7 heteroatoms. The number of hydrogen-bond acceptors (Lipinski definition) is 3. The first-order valence-electron chi connectivity index (χ1n) is 6.91. The van der Waals surface area contributed by atoms with Crippen molar-refractivity contribution in [2.75, 3.05) is 20.1 Å². The number of nitrogens with zero attached hydrogens (tertiary/aromatic N) is 1. The highest BCUT2D eigenvalue weighted by molar-refractivity contribution is 5.88. The van der Waals surface area contributed by atoms with Crippen LogP contribution in [0.1, 0.15) is 32.6 Å². The van der Waals surface area contributed by atoms with Gasteiger partial charge >= 0.3 is 12.0 Å². The molecule has 0 saturated carbocycles. The highest BCUT2D eigenvalue weighted by Gasteiger charge is 2.29. The van der Waals surface area contributed by atoms with Crippen LogP contribution in [0.25, 0.3) is 0 Å². The Hall–Kier alpha value is -1.79. The van der Waals surface area contributed by atoms with Gasteiger partial charge in [0.15, 0.2) is 0 Å². The number of likely N-dealkylation sites (tertiary alicyclic amines) is 1. The van der Waals surface area contributed by atoms with Gasteiger partial charge in [0.2, 0.25) is 5.91 Å². The van der Waals surface area contributed by atoms with Gasteiger partial charge in [-0.05, 0) is 25.2 Å². The van der Waals surface area contributed by atoms with E-state index >= 15 is 0 Å². The van der Waals surface area contributed by atoms with Crippen LogP contribution in [0.4, 0.5) is 4.79 Å². The summed E-state index contributed by atoms with van der Waals surface area (Å²) in [4.78, 5) is 35.2.